The molecule has 20 heteroatoms. The lowest BCUT2D eigenvalue weighted by atomic mass is 9.73. The van der Waals surface area contributed by atoms with Crippen LogP contribution in [0.4, 0.5) is 14.9 Å². The van der Waals surface area contributed by atoms with Gasteiger partial charge < -0.3 is 33.7 Å². The van der Waals surface area contributed by atoms with Gasteiger partial charge in [-0.05, 0) is 66.0 Å². The Hall–Kier alpha value is -4.47. The number of carbonyl (C=O) groups is 4. The number of nitro groups is 1. The van der Waals surface area contributed by atoms with E-state index in [2.05, 4.69) is 10.3 Å². The number of alkyl halides is 1. The summed E-state index contributed by atoms with van der Waals surface area (Å²) in [7, 11) is 3.27. The quantitative estimate of drug-likeness (QED) is 0.0723. The fraction of sp³-hybridized carbons (Fsp3) is 0.721. The van der Waals surface area contributed by atoms with Crippen LogP contribution < -0.4 is 5.84 Å². The van der Waals surface area contributed by atoms with E-state index in [9.17, 15) is 38.8 Å². The number of benzene rings is 1. The summed E-state index contributed by atoms with van der Waals surface area (Å²) >= 11 is 0. The summed E-state index contributed by atoms with van der Waals surface area (Å²) in [5.41, 5.74) is -1.64. The van der Waals surface area contributed by atoms with Gasteiger partial charge in [-0.1, -0.05) is 45.0 Å². The van der Waals surface area contributed by atoms with Gasteiger partial charge in [-0.2, -0.15) is 0 Å². The predicted octanol–water partition coefficient (Wildman–Crippen LogP) is 3.93. The fourth-order valence-corrected chi connectivity index (χ4v) is 9.64. The molecule has 3 saturated heterocycles. The molecule has 4 heterocycles. The van der Waals surface area contributed by atoms with Crippen LogP contribution in [0.3, 0.4) is 0 Å². The smallest absolute Gasteiger partial charge is 0.425 e. The normalized spacial score (nSPS) is 35.2. The van der Waals surface area contributed by atoms with E-state index in [1.54, 1.807) is 59.9 Å². The molecule has 3 fully saturated rings. The number of non-ortho nitro benzene ring substituents is 1. The number of rotatable bonds is 13. The Morgan fingerprint density at radius 1 is 1.10 bits per heavy atom. The lowest BCUT2D eigenvalue weighted by molar-refractivity contribution is -0.384. The molecule has 3 aliphatic heterocycles. The van der Waals surface area contributed by atoms with Gasteiger partial charge in [-0.25, -0.2) is 24.7 Å². The number of ether oxygens (including phenoxy) is 5. The van der Waals surface area contributed by atoms with Crippen molar-refractivity contribution in [3.05, 3.63) is 51.8 Å². The Morgan fingerprint density at radius 2 is 1.76 bits per heavy atom. The Bertz CT molecular complexity index is 1960. The second-order valence-electron chi connectivity index (χ2n) is 18.0. The molecule has 63 heavy (non-hydrogen) atoms. The fourth-order valence-electron chi connectivity index (χ4n) is 9.64. The second kappa shape index (κ2) is 20.1. The molecule has 0 radical (unpaired) electrons. The number of Topliss-reactive ketones (excluding diaryl/α,β-unsaturated/α-hetero) is 2. The maximum absolute atomic E-state index is 14.3. The maximum Gasteiger partial charge on any atom is 0.425 e. The van der Waals surface area contributed by atoms with Gasteiger partial charge in [0, 0.05) is 62.2 Å². The second-order valence-corrected chi connectivity index (χ2v) is 18.0. The molecule has 0 aliphatic carbocycles. The molecular formula is C43H64FN7O12. The molecule has 5 rings (SSSR count). The van der Waals surface area contributed by atoms with E-state index >= 15 is 0 Å². The molecule has 0 unspecified atom stereocenters. The molecule has 0 bridgehead atoms. The number of fused-ring (bicyclic) bond motifs is 1. The largest absolute Gasteiger partial charge is 0.458 e. The summed E-state index contributed by atoms with van der Waals surface area (Å²) in [6.07, 6.45) is -3.06. The van der Waals surface area contributed by atoms with E-state index in [4.69, 9.17) is 29.5 Å². The topological polar surface area (TPSA) is 241 Å². The first-order valence-electron chi connectivity index (χ1n) is 21.6. The van der Waals surface area contributed by atoms with E-state index in [1.165, 1.54) is 30.8 Å². The van der Waals surface area contributed by atoms with Crippen LogP contribution in [0, 0.1) is 33.8 Å². The highest BCUT2D eigenvalue weighted by Gasteiger charge is 2.60. The van der Waals surface area contributed by atoms with Crippen molar-refractivity contribution in [3.8, 4) is 0 Å². The lowest BCUT2D eigenvalue weighted by Crippen LogP contribution is -2.61. The Morgan fingerprint density at radius 3 is 2.37 bits per heavy atom. The number of ketones is 2. The number of aliphatic hydroxyl groups excluding tert-OH is 1. The highest BCUT2D eigenvalue weighted by Crippen LogP contribution is 2.42. The number of carbonyl (C=O) groups excluding carboxylic acids is 4. The number of likely N-dealkylation sites (N-methyl/N-ethyl adjacent to an activating group) is 1. The average Bonchev–Trinajstić information content (AvgIpc) is 3.82. The van der Waals surface area contributed by atoms with Crippen LogP contribution in [0.15, 0.2) is 30.5 Å². The summed E-state index contributed by atoms with van der Waals surface area (Å²) in [5, 5.41) is 32.2. The van der Waals surface area contributed by atoms with Crippen molar-refractivity contribution in [3.63, 3.8) is 0 Å². The van der Waals surface area contributed by atoms with Crippen LogP contribution in [-0.4, -0.2) is 140 Å². The zero-order valence-electron chi connectivity index (χ0n) is 37.8. The summed E-state index contributed by atoms with van der Waals surface area (Å²) in [6, 6.07) is 3.73. The van der Waals surface area contributed by atoms with Crippen molar-refractivity contribution in [2.45, 2.75) is 148 Å². The molecule has 1 aromatic carbocycles. The van der Waals surface area contributed by atoms with Crippen molar-refractivity contribution < 1.29 is 57.3 Å². The van der Waals surface area contributed by atoms with E-state index in [-0.39, 0.29) is 30.7 Å². The Labute approximate surface area is 367 Å². The van der Waals surface area contributed by atoms with Crippen LogP contribution in [0.25, 0.3) is 0 Å². The molecule has 0 saturated carbocycles. The SMILES string of the molecule is CC[C@H]1OC(=O)[C@H](C)C(=O)[C@H](C)[C@@H](O[C@@H]2O[C@H](C)C[C@H](N(C)CCc3cn([C@H](CF)Cc4ccc([N+](=O)[O-])cc4)nn3)[C@H]2O)[C@](C)(OC)C[C@@H](C)C(=O)[C@H](C)[C@H]2N(N)C(=O)O[C@]12C. The summed E-state index contributed by atoms with van der Waals surface area (Å²) in [4.78, 5) is 67.8. The van der Waals surface area contributed by atoms with Crippen molar-refractivity contribution in [2.24, 2.45) is 29.5 Å². The van der Waals surface area contributed by atoms with Gasteiger partial charge in [0.05, 0.1) is 34.5 Å². The third-order valence-electron chi connectivity index (χ3n) is 13.5. The number of hydrazine groups is 1. The summed E-state index contributed by atoms with van der Waals surface area (Å²) in [6.45, 7) is 12.9. The highest BCUT2D eigenvalue weighted by atomic mass is 19.1. The van der Waals surface area contributed by atoms with Crippen LogP contribution in [-0.2, 0) is 50.9 Å². The van der Waals surface area contributed by atoms with Gasteiger partial charge in [0.1, 0.15) is 36.6 Å². The number of nitrogens with two attached hydrogens (primary N) is 1. The van der Waals surface area contributed by atoms with Crippen LogP contribution in [0.1, 0.15) is 92.0 Å². The predicted molar refractivity (Wildman–Crippen MR) is 223 cm³/mol. The van der Waals surface area contributed by atoms with Gasteiger partial charge in [-0.3, -0.25) is 24.5 Å². The molecule has 1 amide bonds. The van der Waals surface area contributed by atoms with Gasteiger partial charge in [0.15, 0.2) is 17.7 Å². The van der Waals surface area contributed by atoms with Gasteiger partial charge in [0.2, 0.25) is 0 Å². The van der Waals surface area contributed by atoms with Gasteiger partial charge in [-0.15, -0.1) is 5.10 Å². The number of aromatic nitrogens is 3. The van der Waals surface area contributed by atoms with Crippen molar-refractivity contribution in [1.82, 2.24) is 24.9 Å². The Balaban J connectivity index is 1.35. The molecular weight excluding hydrogens is 826 g/mol. The average molecular weight is 890 g/mol. The number of hydrogen-bond acceptors (Lipinski definition) is 16. The van der Waals surface area contributed by atoms with Crippen molar-refractivity contribution in [1.29, 1.82) is 0 Å². The third kappa shape index (κ3) is 10.4. The first kappa shape index (κ1) is 49.5. The van der Waals surface area contributed by atoms with E-state index in [1.807, 2.05) is 18.9 Å². The van der Waals surface area contributed by atoms with E-state index in [0.29, 0.717) is 30.6 Å². The Kier molecular flexibility index (Phi) is 15.8. The van der Waals surface area contributed by atoms with Crippen molar-refractivity contribution >= 4 is 29.3 Å². The number of methoxy groups -OCH3 is 1. The molecule has 3 aliphatic rings. The number of cyclic esters (lactones) is 1. The lowest BCUT2D eigenvalue weighted by Gasteiger charge is -2.47. The number of halogens is 1. The number of amides is 1. The minimum Gasteiger partial charge on any atom is -0.458 e. The summed E-state index contributed by atoms with van der Waals surface area (Å²) in [5.74, 6) is 0.585. The molecule has 350 valence electrons. The molecule has 3 N–H and O–H groups in total. The van der Waals surface area contributed by atoms with Gasteiger partial charge in [0.25, 0.3) is 5.69 Å². The molecule has 19 nitrogen and oxygen atoms in total. The van der Waals surface area contributed by atoms with E-state index in [0.717, 1.165) is 5.01 Å². The van der Waals surface area contributed by atoms with Crippen LogP contribution in [0.2, 0.25) is 0 Å². The highest BCUT2D eigenvalue weighted by molar-refractivity contribution is 6.00. The minimum atomic E-state index is -1.51. The number of esters is 1. The molecule has 14 atom stereocenters. The monoisotopic (exact) mass is 889 g/mol. The molecule has 2 aromatic rings. The standard InChI is InChI=1S/C43H64FN7O12/c1-11-33-43(8)37(50(45)41(56)63-43)25(4)34(52)23(2)20-42(7,59-10)38(26(5)35(53)27(6)39(55)61-33)62-40-36(54)32(18-24(3)60-40)48(9)17-16-29-22-49(47-46-29)31(21-44)19-28-12-14-30(15-13-28)51(57)58/h12-15,22-27,31-33,36-38,40,54H,11,16-21,45H2,1-10H3/t23-,24-,25+,26+,27-,31+,32+,33-,36-,37-,38-,40+,42-,43-/m1/s1. The van der Waals surface area contributed by atoms with Gasteiger partial charge >= 0.3 is 12.1 Å². The minimum absolute atomic E-state index is 0.0350. The first-order chi connectivity index (χ1) is 29.6. The zero-order chi connectivity index (χ0) is 46.7. The zero-order valence-corrected chi connectivity index (χ0v) is 37.8. The first-order valence-corrected chi connectivity index (χ1v) is 21.6. The van der Waals surface area contributed by atoms with Crippen LogP contribution in [0.5, 0.6) is 0 Å². The maximum atomic E-state index is 14.3. The molecule has 0 spiro atoms. The summed E-state index contributed by atoms with van der Waals surface area (Å²) < 4.78 is 46.3. The number of hydrogen-bond donors (Lipinski definition) is 2. The van der Waals surface area contributed by atoms with E-state index < -0.39 is 113 Å². The number of aliphatic hydroxyl groups is 1. The third-order valence-corrected chi connectivity index (χ3v) is 13.5. The van der Waals surface area contributed by atoms with Crippen molar-refractivity contribution in [2.75, 3.05) is 27.4 Å². The van der Waals surface area contributed by atoms with Crippen LogP contribution >= 0.6 is 0 Å². The number of nitrogens with zero attached hydrogens (tertiary/aromatic N) is 6. The molecule has 1 aromatic heterocycles. The number of nitro benzene ring substituents is 1.